The van der Waals surface area contributed by atoms with Crippen LogP contribution in [-0.4, -0.2) is 54.8 Å². The van der Waals surface area contributed by atoms with E-state index in [9.17, 15) is 0 Å². The van der Waals surface area contributed by atoms with Gasteiger partial charge in [-0.2, -0.15) is 0 Å². The van der Waals surface area contributed by atoms with Gasteiger partial charge in [-0.25, -0.2) is 0 Å². The second kappa shape index (κ2) is 7.53. The van der Waals surface area contributed by atoms with Crippen molar-refractivity contribution >= 4 is 42.0 Å². The number of hydrogen-bond acceptors (Lipinski definition) is 8. The Balaban J connectivity index is 0.000000180. The molecule has 2 heterocycles. The van der Waals surface area contributed by atoms with Crippen LogP contribution in [0.15, 0.2) is 0 Å². The van der Waals surface area contributed by atoms with Crippen LogP contribution in [0, 0.1) is 45.3 Å². The Labute approximate surface area is 122 Å². The van der Waals surface area contributed by atoms with Crippen molar-refractivity contribution in [1.82, 2.24) is 12.8 Å². The van der Waals surface area contributed by atoms with Gasteiger partial charge in [0.25, 0.3) is 0 Å². The molecule has 0 spiro atoms. The predicted octanol–water partition coefficient (Wildman–Crippen LogP) is -1.45. The van der Waals surface area contributed by atoms with Crippen LogP contribution in [0.5, 0.6) is 0 Å². The maximum absolute atomic E-state index is 8.28. The minimum atomic E-state index is -0.774. The molecule has 10 heteroatoms. The molecule has 0 saturated heterocycles. The fourth-order valence-corrected chi connectivity index (χ4v) is 3.29. The van der Waals surface area contributed by atoms with Gasteiger partial charge in [-0.1, -0.05) is 0 Å². The van der Waals surface area contributed by atoms with Crippen LogP contribution in [0.1, 0.15) is 22.8 Å². The summed E-state index contributed by atoms with van der Waals surface area (Å²) in [6, 6.07) is 7.18. The molecule has 0 N–H and O–H groups in total. The van der Waals surface area contributed by atoms with E-state index in [-0.39, 0.29) is 22.8 Å². The van der Waals surface area contributed by atoms with E-state index in [2.05, 4.69) is 12.8 Å². The molecular formula is C8N8Te2. The summed E-state index contributed by atoms with van der Waals surface area (Å²) in [4.78, 5) is 0. The second-order valence-corrected chi connectivity index (χ2v) is 5.39. The van der Waals surface area contributed by atoms with Gasteiger partial charge in [0.05, 0.1) is 0 Å². The topological polar surface area (TPSA) is 147 Å². The summed E-state index contributed by atoms with van der Waals surface area (Å²) in [5, 5.41) is 33.1. The first-order chi connectivity index (χ1) is 8.76. The third kappa shape index (κ3) is 3.61. The molecular weight excluding hydrogens is 463 g/mol. The average Bonchev–Trinajstić information content (AvgIpc) is 3.06. The van der Waals surface area contributed by atoms with Gasteiger partial charge < -0.3 is 0 Å². The molecule has 0 atom stereocenters. The zero-order valence-corrected chi connectivity index (χ0v) is 13.1. The molecule has 0 amide bonds. The molecule has 0 fully saturated rings. The van der Waals surface area contributed by atoms with Crippen LogP contribution in [-0.2, 0) is 0 Å². The molecule has 0 aliphatic heterocycles. The quantitative estimate of drug-likeness (QED) is 0.432. The van der Waals surface area contributed by atoms with Crippen LogP contribution in [0.3, 0.4) is 0 Å². The fourth-order valence-electron chi connectivity index (χ4n) is 0.671. The number of aromatic nitrogens is 4. The minimum absolute atomic E-state index is 0.208. The molecule has 0 radical (unpaired) electrons. The molecule has 0 aliphatic carbocycles. The molecule has 8 nitrogen and oxygen atoms in total. The molecule has 0 saturated carbocycles. The Morgan fingerprint density at radius 3 is 0.944 bits per heavy atom. The Morgan fingerprint density at radius 2 is 0.778 bits per heavy atom. The third-order valence-electron chi connectivity index (χ3n) is 1.40. The Bertz CT molecular complexity index is 582. The van der Waals surface area contributed by atoms with E-state index < -0.39 is 42.0 Å². The molecule has 0 aromatic carbocycles. The molecule has 2 aromatic rings. The van der Waals surface area contributed by atoms with Gasteiger partial charge in [0, 0.05) is 0 Å². The van der Waals surface area contributed by atoms with E-state index >= 15 is 0 Å². The van der Waals surface area contributed by atoms with Gasteiger partial charge in [0.15, 0.2) is 0 Å². The second-order valence-electron chi connectivity index (χ2n) is 2.37. The van der Waals surface area contributed by atoms with Gasteiger partial charge in [0.2, 0.25) is 0 Å². The first-order valence-corrected chi connectivity index (χ1v) is 8.19. The standard InChI is InChI=1S/2C4N4Te/c2*5-1-3-4(2-6)8-9-7-3. The van der Waals surface area contributed by atoms with Crippen LogP contribution >= 0.6 is 0 Å². The van der Waals surface area contributed by atoms with E-state index in [1.807, 2.05) is 0 Å². The Kier molecular flexibility index (Phi) is 5.97. The molecule has 18 heavy (non-hydrogen) atoms. The molecule has 84 valence electrons. The number of hydrogen-bond donors (Lipinski definition) is 0. The van der Waals surface area contributed by atoms with Crippen molar-refractivity contribution in [3.63, 3.8) is 0 Å². The van der Waals surface area contributed by atoms with Crippen LogP contribution < -0.4 is 0 Å². The van der Waals surface area contributed by atoms with Gasteiger partial charge >= 0.3 is 123 Å². The van der Waals surface area contributed by atoms with Crippen molar-refractivity contribution in [2.75, 3.05) is 0 Å². The summed E-state index contributed by atoms with van der Waals surface area (Å²) in [6.45, 7) is 0. The number of nitrogens with zero attached hydrogens (tertiary/aromatic N) is 8. The number of rotatable bonds is 0. The third-order valence-corrected chi connectivity index (χ3v) is 4.42. The van der Waals surface area contributed by atoms with E-state index in [1.54, 1.807) is 24.3 Å². The summed E-state index contributed by atoms with van der Waals surface area (Å²) >= 11 is -1.55. The normalized spacial score (nSPS) is 7.78. The van der Waals surface area contributed by atoms with Crippen molar-refractivity contribution in [1.29, 1.82) is 21.0 Å². The molecule has 2 aromatic heterocycles. The SMILES string of the molecule is N#Cc1n[te]nc1C#N.N#Cc1n[te]nc1C#N. The van der Waals surface area contributed by atoms with Crippen molar-refractivity contribution < 1.29 is 0 Å². The van der Waals surface area contributed by atoms with Crippen LogP contribution in [0.2, 0.25) is 0 Å². The fraction of sp³-hybridized carbons (Fsp3) is 0. The van der Waals surface area contributed by atoms with E-state index in [0.717, 1.165) is 0 Å². The summed E-state index contributed by atoms with van der Waals surface area (Å²) in [7, 11) is 0. The first-order valence-electron chi connectivity index (χ1n) is 4.02. The van der Waals surface area contributed by atoms with Crippen molar-refractivity contribution in [3.8, 4) is 24.3 Å². The summed E-state index contributed by atoms with van der Waals surface area (Å²) < 4.78 is 15.1. The first kappa shape index (κ1) is 14.3. The summed E-state index contributed by atoms with van der Waals surface area (Å²) in [5.74, 6) is 0. The predicted molar refractivity (Wildman–Crippen MR) is 56.8 cm³/mol. The monoisotopic (exact) mass is 468 g/mol. The maximum atomic E-state index is 8.28. The molecule has 0 aliphatic rings. The average molecular weight is 463 g/mol. The number of nitriles is 4. The van der Waals surface area contributed by atoms with Crippen molar-refractivity contribution in [2.45, 2.75) is 0 Å². The van der Waals surface area contributed by atoms with Crippen LogP contribution in [0.25, 0.3) is 0 Å². The Morgan fingerprint density at radius 1 is 0.556 bits per heavy atom. The van der Waals surface area contributed by atoms with E-state index in [1.165, 1.54) is 0 Å². The molecule has 0 unspecified atom stereocenters. The van der Waals surface area contributed by atoms with Gasteiger partial charge in [-0.3, -0.25) is 0 Å². The summed E-state index contributed by atoms with van der Waals surface area (Å²) in [5.41, 5.74) is 0.833. The molecule has 0 bridgehead atoms. The van der Waals surface area contributed by atoms with Gasteiger partial charge in [0.1, 0.15) is 0 Å². The van der Waals surface area contributed by atoms with Gasteiger partial charge in [-0.05, 0) is 0 Å². The van der Waals surface area contributed by atoms with Crippen molar-refractivity contribution in [3.05, 3.63) is 22.8 Å². The molecule has 2 rings (SSSR count). The summed E-state index contributed by atoms with van der Waals surface area (Å²) in [6.07, 6.45) is 0. The Hall–Kier alpha value is -1.78. The zero-order valence-electron chi connectivity index (χ0n) is 8.39. The van der Waals surface area contributed by atoms with Crippen molar-refractivity contribution in [2.24, 2.45) is 0 Å². The van der Waals surface area contributed by atoms with E-state index in [4.69, 9.17) is 21.0 Å². The zero-order chi connectivity index (χ0) is 13.4. The van der Waals surface area contributed by atoms with Gasteiger partial charge in [-0.15, -0.1) is 0 Å². The van der Waals surface area contributed by atoms with Crippen LogP contribution in [0.4, 0.5) is 0 Å². The van der Waals surface area contributed by atoms with E-state index in [0.29, 0.717) is 0 Å².